The molecule has 0 atom stereocenters. The van der Waals surface area contributed by atoms with Crippen molar-refractivity contribution in [2.24, 2.45) is 0 Å². The second-order valence-electron chi connectivity index (χ2n) is 2.87. The lowest BCUT2D eigenvalue weighted by Crippen LogP contribution is -2.54. The summed E-state index contributed by atoms with van der Waals surface area (Å²) in [6, 6.07) is -0.171. The van der Waals surface area contributed by atoms with Crippen molar-refractivity contribution in [1.29, 1.82) is 0 Å². The monoisotopic (exact) mass is 192 g/mol. The molecule has 6 heteroatoms. The van der Waals surface area contributed by atoms with E-state index in [0.29, 0.717) is 0 Å². The van der Waals surface area contributed by atoms with Gasteiger partial charge in [-0.2, -0.15) is 0 Å². The van der Waals surface area contributed by atoms with Crippen LogP contribution in [-0.4, -0.2) is 45.5 Å². The number of carbonyl (C=O) groups is 1. The van der Waals surface area contributed by atoms with Crippen molar-refractivity contribution in [2.75, 3.05) is 25.1 Å². The molecule has 1 aliphatic rings. The largest absolute Gasteiger partial charge is 0.350 e. The van der Waals surface area contributed by atoms with E-state index in [-0.39, 0.29) is 30.0 Å². The molecular weight excluding hydrogens is 180 g/mol. The Hall–Kier alpha value is -0.620. The van der Waals surface area contributed by atoms with Crippen LogP contribution in [0.25, 0.3) is 0 Å². The molecule has 12 heavy (non-hydrogen) atoms. The molecule has 0 spiro atoms. The lowest BCUT2D eigenvalue weighted by molar-refractivity contribution is -0.120. The van der Waals surface area contributed by atoms with Crippen molar-refractivity contribution < 1.29 is 13.2 Å². The quantitative estimate of drug-likeness (QED) is 0.549. The predicted molar refractivity (Wildman–Crippen MR) is 44.5 cm³/mol. The van der Waals surface area contributed by atoms with Crippen LogP contribution in [-0.2, 0) is 14.6 Å². The lowest BCUT2D eigenvalue weighted by Gasteiger charge is -2.26. The van der Waals surface area contributed by atoms with Crippen LogP contribution < -0.4 is 10.6 Å². The molecule has 1 rings (SSSR count). The first-order valence-electron chi connectivity index (χ1n) is 3.68. The van der Waals surface area contributed by atoms with Crippen molar-refractivity contribution in [3.05, 3.63) is 0 Å². The van der Waals surface area contributed by atoms with Crippen LogP contribution in [0.1, 0.15) is 0 Å². The van der Waals surface area contributed by atoms with Crippen LogP contribution in [0.5, 0.6) is 0 Å². The fourth-order valence-electron chi connectivity index (χ4n) is 1.09. The van der Waals surface area contributed by atoms with Crippen LogP contribution in [0.4, 0.5) is 0 Å². The molecule has 0 aromatic carbocycles. The zero-order valence-electron chi connectivity index (χ0n) is 6.83. The lowest BCUT2D eigenvalue weighted by atomic mass is 10.3. The van der Waals surface area contributed by atoms with Gasteiger partial charge in [0.1, 0.15) is 0 Å². The zero-order chi connectivity index (χ0) is 9.19. The van der Waals surface area contributed by atoms with E-state index in [9.17, 15) is 13.2 Å². The van der Waals surface area contributed by atoms with Crippen LogP contribution in [0.3, 0.4) is 0 Å². The zero-order valence-corrected chi connectivity index (χ0v) is 7.65. The molecule has 0 aliphatic carbocycles. The second-order valence-corrected chi connectivity index (χ2v) is 5.03. The fraction of sp³-hybridized carbons (Fsp3) is 0.833. The van der Waals surface area contributed by atoms with Gasteiger partial charge >= 0.3 is 0 Å². The molecule has 0 aromatic rings. The standard InChI is InChI=1S/C6H12N2O3S/c1-7-2-6(9)8-5-3-12(10,11)4-5/h5,7H,2-4H2,1H3,(H,8,9). The summed E-state index contributed by atoms with van der Waals surface area (Å²) in [5, 5.41) is 5.27. The Labute approximate surface area is 71.4 Å². The third-order valence-corrected chi connectivity index (χ3v) is 3.43. The number of amides is 1. The summed E-state index contributed by atoms with van der Waals surface area (Å²) in [7, 11) is -1.16. The molecule has 1 amide bonds. The van der Waals surface area contributed by atoms with Gasteiger partial charge < -0.3 is 10.6 Å². The van der Waals surface area contributed by atoms with Crippen molar-refractivity contribution in [1.82, 2.24) is 10.6 Å². The fourth-order valence-corrected chi connectivity index (χ4v) is 2.38. The molecule has 1 saturated heterocycles. The molecule has 1 heterocycles. The summed E-state index contributed by atoms with van der Waals surface area (Å²) >= 11 is 0. The number of hydrogen-bond acceptors (Lipinski definition) is 4. The Morgan fingerprint density at radius 2 is 2.08 bits per heavy atom. The van der Waals surface area contributed by atoms with Gasteiger partial charge in [0.25, 0.3) is 0 Å². The third-order valence-electron chi connectivity index (χ3n) is 1.61. The van der Waals surface area contributed by atoms with Gasteiger partial charge in [0, 0.05) is 0 Å². The Morgan fingerprint density at radius 1 is 1.50 bits per heavy atom. The molecule has 2 N–H and O–H groups in total. The molecule has 1 fully saturated rings. The van der Waals surface area contributed by atoms with E-state index < -0.39 is 9.84 Å². The highest BCUT2D eigenvalue weighted by Crippen LogP contribution is 2.09. The van der Waals surface area contributed by atoms with Gasteiger partial charge in [-0.1, -0.05) is 0 Å². The minimum Gasteiger partial charge on any atom is -0.350 e. The Kier molecular flexibility index (Phi) is 2.69. The molecule has 1 aliphatic heterocycles. The number of likely N-dealkylation sites (N-methyl/N-ethyl adjacent to an activating group) is 1. The highest BCUT2D eigenvalue weighted by molar-refractivity contribution is 7.92. The van der Waals surface area contributed by atoms with Crippen molar-refractivity contribution in [3.8, 4) is 0 Å². The smallest absolute Gasteiger partial charge is 0.234 e. The van der Waals surface area contributed by atoms with E-state index in [1.807, 2.05) is 0 Å². The Bertz CT molecular complexity index is 261. The highest BCUT2D eigenvalue weighted by atomic mass is 32.2. The molecule has 0 unspecified atom stereocenters. The van der Waals surface area contributed by atoms with E-state index in [0.717, 1.165) is 0 Å². The van der Waals surface area contributed by atoms with Crippen LogP contribution >= 0.6 is 0 Å². The van der Waals surface area contributed by atoms with Gasteiger partial charge in [0.15, 0.2) is 9.84 Å². The molecule has 0 aromatic heterocycles. The summed E-state index contributed by atoms with van der Waals surface area (Å²) in [6.07, 6.45) is 0. The first-order valence-corrected chi connectivity index (χ1v) is 5.50. The summed E-state index contributed by atoms with van der Waals surface area (Å²) < 4.78 is 21.3. The Balaban J connectivity index is 2.23. The summed E-state index contributed by atoms with van der Waals surface area (Å²) in [6.45, 7) is 0.233. The number of hydrogen-bond donors (Lipinski definition) is 2. The molecule has 0 radical (unpaired) electrons. The van der Waals surface area contributed by atoms with Crippen LogP contribution in [0, 0.1) is 0 Å². The minimum absolute atomic E-state index is 0.0858. The predicted octanol–water partition coefficient (Wildman–Crippen LogP) is -1.88. The van der Waals surface area contributed by atoms with Crippen molar-refractivity contribution in [3.63, 3.8) is 0 Å². The maximum atomic E-state index is 10.9. The van der Waals surface area contributed by atoms with Crippen molar-refractivity contribution in [2.45, 2.75) is 6.04 Å². The molecule has 5 nitrogen and oxygen atoms in total. The first-order chi connectivity index (χ1) is 5.53. The second kappa shape index (κ2) is 3.40. The maximum absolute atomic E-state index is 10.9. The summed E-state index contributed by atoms with van der Waals surface area (Å²) in [5.74, 6) is 0.0164. The summed E-state index contributed by atoms with van der Waals surface area (Å²) in [5.41, 5.74) is 0. The van der Waals surface area contributed by atoms with Gasteiger partial charge in [-0.3, -0.25) is 4.79 Å². The molecular formula is C6H12N2O3S. The molecule has 70 valence electrons. The topological polar surface area (TPSA) is 75.3 Å². The normalized spacial score (nSPS) is 21.4. The average molecular weight is 192 g/mol. The number of rotatable bonds is 3. The van der Waals surface area contributed by atoms with E-state index in [2.05, 4.69) is 10.6 Å². The van der Waals surface area contributed by atoms with Gasteiger partial charge in [0.05, 0.1) is 24.1 Å². The minimum atomic E-state index is -2.83. The molecule has 0 bridgehead atoms. The average Bonchev–Trinajstić information content (AvgIpc) is 1.83. The SMILES string of the molecule is CNCC(=O)NC1CS(=O)(=O)C1. The number of nitrogens with one attached hydrogen (secondary N) is 2. The first kappa shape index (κ1) is 9.47. The van der Waals surface area contributed by atoms with E-state index >= 15 is 0 Å². The van der Waals surface area contributed by atoms with Crippen LogP contribution in [0.2, 0.25) is 0 Å². The van der Waals surface area contributed by atoms with E-state index in [1.165, 1.54) is 0 Å². The summed E-state index contributed by atoms with van der Waals surface area (Å²) in [4.78, 5) is 10.9. The van der Waals surface area contributed by atoms with Gasteiger partial charge in [-0.15, -0.1) is 0 Å². The maximum Gasteiger partial charge on any atom is 0.234 e. The van der Waals surface area contributed by atoms with Crippen LogP contribution in [0.15, 0.2) is 0 Å². The molecule has 0 saturated carbocycles. The number of sulfone groups is 1. The van der Waals surface area contributed by atoms with Gasteiger partial charge in [-0.05, 0) is 7.05 Å². The van der Waals surface area contributed by atoms with E-state index in [1.54, 1.807) is 7.05 Å². The Morgan fingerprint density at radius 3 is 2.50 bits per heavy atom. The van der Waals surface area contributed by atoms with Gasteiger partial charge in [-0.25, -0.2) is 8.42 Å². The third kappa shape index (κ3) is 2.46. The van der Waals surface area contributed by atoms with Crippen molar-refractivity contribution >= 4 is 15.7 Å². The number of carbonyl (C=O) groups excluding carboxylic acids is 1. The van der Waals surface area contributed by atoms with Gasteiger partial charge in [0.2, 0.25) is 5.91 Å². The highest BCUT2D eigenvalue weighted by Gasteiger charge is 2.33. The van der Waals surface area contributed by atoms with E-state index in [4.69, 9.17) is 0 Å².